The number of aromatic carboxylic acids is 1. The van der Waals surface area contributed by atoms with Crippen LogP contribution in [0, 0.1) is 0 Å². The maximum absolute atomic E-state index is 10.7. The Kier molecular flexibility index (Phi) is 4.80. The molecule has 2 rings (SSSR count). The third kappa shape index (κ3) is 3.97. The molecule has 2 aromatic heterocycles. The molecule has 0 saturated carbocycles. The first kappa shape index (κ1) is 13.9. The summed E-state index contributed by atoms with van der Waals surface area (Å²) >= 11 is 2.71. The first-order chi connectivity index (χ1) is 9.19. The van der Waals surface area contributed by atoms with Crippen molar-refractivity contribution < 1.29 is 9.90 Å². The van der Waals surface area contributed by atoms with Crippen LogP contribution in [0.4, 0.5) is 5.13 Å². The minimum atomic E-state index is -0.983. The van der Waals surface area contributed by atoms with Gasteiger partial charge in [-0.25, -0.2) is 14.8 Å². The van der Waals surface area contributed by atoms with Crippen LogP contribution < -0.4 is 5.32 Å². The molecule has 2 heterocycles. The number of aromatic nitrogens is 3. The van der Waals surface area contributed by atoms with E-state index < -0.39 is 5.97 Å². The van der Waals surface area contributed by atoms with Gasteiger partial charge >= 0.3 is 5.97 Å². The van der Waals surface area contributed by atoms with Gasteiger partial charge in [-0.15, -0.1) is 11.3 Å². The highest BCUT2D eigenvalue weighted by Gasteiger charge is 2.08. The Morgan fingerprint density at radius 2 is 2.26 bits per heavy atom. The highest BCUT2D eigenvalue weighted by Crippen LogP contribution is 2.14. The lowest BCUT2D eigenvalue weighted by Gasteiger charge is -1.98. The van der Waals surface area contributed by atoms with E-state index in [0.29, 0.717) is 13.0 Å². The highest BCUT2D eigenvalue weighted by atomic mass is 32.1. The van der Waals surface area contributed by atoms with Crippen molar-refractivity contribution in [2.24, 2.45) is 0 Å². The number of carboxylic acid groups (broad SMARTS) is 1. The van der Waals surface area contributed by atoms with E-state index in [1.165, 1.54) is 22.9 Å². The van der Waals surface area contributed by atoms with Crippen LogP contribution >= 0.6 is 22.9 Å². The van der Waals surface area contributed by atoms with E-state index in [2.05, 4.69) is 26.6 Å². The van der Waals surface area contributed by atoms with Crippen molar-refractivity contribution in [2.75, 3.05) is 11.9 Å². The molecule has 0 atom stereocenters. The fourth-order valence-electron chi connectivity index (χ4n) is 1.45. The van der Waals surface area contributed by atoms with E-state index in [9.17, 15) is 4.79 Å². The fraction of sp³-hybridized carbons (Fsp3) is 0.455. The van der Waals surface area contributed by atoms with Gasteiger partial charge in [-0.2, -0.15) is 4.37 Å². The molecule has 0 aliphatic heterocycles. The summed E-state index contributed by atoms with van der Waals surface area (Å²) in [7, 11) is 0. The summed E-state index contributed by atoms with van der Waals surface area (Å²) in [5.41, 5.74) is 0.112. The Bertz CT molecular complexity index is 552. The first-order valence-corrected chi connectivity index (χ1v) is 7.58. The summed E-state index contributed by atoms with van der Waals surface area (Å²) in [4.78, 5) is 19.1. The van der Waals surface area contributed by atoms with Gasteiger partial charge in [0, 0.05) is 36.3 Å². The van der Waals surface area contributed by atoms with Crippen molar-refractivity contribution in [1.29, 1.82) is 0 Å². The maximum Gasteiger partial charge on any atom is 0.355 e. The molecule has 0 aliphatic carbocycles. The smallest absolute Gasteiger partial charge is 0.355 e. The fourth-order valence-corrected chi connectivity index (χ4v) is 2.86. The number of nitrogens with zero attached hydrogens (tertiary/aromatic N) is 3. The monoisotopic (exact) mass is 298 g/mol. The van der Waals surface area contributed by atoms with E-state index in [1.54, 1.807) is 5.38 Å². The molecular weight excluding hydrogens is 284 g/mol. The SMILES string of the molecule is CCCc1nsc(NCCc2nc(C(=O)O)cs2)n1. The standard InChI is InChI=1S/C11H14N4O2S2/c1-2-3-8-14-11(19-15-8)12-5-4-9-13-7(6-18-9)10(16)17/h6H,2-5H2,1H3,(H,16,17)(H,12,14,15). The molecule has 8 heteroatoms. The van der Waals surface area contributed by atoms with Gasteiger partial charge in [-0.1, -0.05) is 6.92 Å². The van der Waals surface area contributed by atoms with Gasteiger partial charge in [0.25, 0.3) is 0 Å². The van der Waals surface area contributed by atoms with Crippen LogP contribution in [0.5, 0.6) is 0 Å². The summed E-state index contributed by atoms with van der Waals surface area (Å²) in [5.74, 6) is -0.110. The molecule has 2 aromatic rings. The summed E-state index contributed by atoms with van der Waals surface area (Å²) in [6.07, 6.45) is 2.61. The Labute approximate surface area is 118 Å². The molecule has 0 aliphatic rings. The number of rotatable bonds is 7. The lowest BCUT2D eigenvalue weighted by Crippen LogP contribution is -2.05. The molecule has 0 unspecified atom stereocenters. The Morgan fingerprint density at radius 1 is 1.42 bits per heavy atom. The molecule has 19 heavy (non-hydrogen) atoms. The van der Waals surface area contributed by atoms with Gasteiger partial charge in [-0.3, -0.25) is 0 Å². The molecule has 0 aromatic carbocycles. The molecule has 0 fully saturated rings. The molecule has 2 N–H and O–H groups in total. The number of hydrogen-bond acceptors (Lipinski definition) is 7. The Balaban J connectivity index is 1.80. The lowest BCUT2D eigenvalue weighted by molar-refractivity contribution is 0.0691. The van der Waals surface area contributed by atoms with Crippen LogP contribution in [0.2, 0.25) is 0 Å². The maximum atomic E-state index is 10.7. The number of aryl methyl sites for hydroxylation is 1. The van der Waals surface area contributed by atoms with Gasteiger partial charge in [0.1, 0.15) is 5.82 Å². The number of hydrogen-bond donors (Lipinski definition) is 2. The van der Waals surface area contributed by atoms with Gasteiger partial charge in [0.2, 0.25) is 5.13 Å². The molecule has 0 bridgehead atoms. The molecule has 6 nitrogen and oxygen atoms in total. The predicted octanol–water partition coefficient (Wildman–Crippen LogP) is 2.30. The van der Waals surface area contributed by atoms with E-state index in [-0.39, 0.29) is 5.69 Å². The van der Waals surface area contributed by atoms with Gasteiger partial charge in [0.05, 0.1) is 5.01 Å². The minimum absolute atomic E-state index is 0.112. The Morgan fingerprint density at radius 3 is 2.95 bits per heavy atom. The largest absolute Gasteiger partial charge is 0.476 e. The van der Waals surface area contributed by atoms with Crippen molar-refractivity contribution in [1.82, 2.24) is 14.3 Å². The zero-order valence-corrected chi connectivity index (χ0v) is 12.1. The highest BCUT2D eigenvalue weighted by molar-refractivity contribution is 7.10. The number of carboxylic acids is 1. The van der Waals surface area contributed by atoms with Crippen molar-refractivity contribution in [3.8, 4) is 0 Å². The van der Waals surface area contributed by atoms with E-state index in [4.69, 9.17) is 5.11 Å². The molecular formula is C11H14N4O2S2. The molecule has 0 radical (unpaired) electrons. The lowest BCUT2D eigenvalue weighted by atomic mass is 10.3. The van der Waals surface area contributed by atoms with Crippen molar-refractivity contribution in [3.63, 3.8) is 0 Å². The second-order valence-corrected chi connectivity index (χ2v) is 5.57. The topological polar surface area (TPSA) is 88.0 Å². The van der Waals surface area contributed by atoms with Crippen molar-refractivity contribution in [2.45, 2.75) is 26.2 Å². The van der Waals surface area contributed by atoms with Gasteiger partial charge < -0.3 is 10.4 Å². The molecule has 0 amide bonds. The Hall–Kier alpha value is -1.54. The van der Waals surface area contributed by atoms with E-state index in [1.807, 2.05) is 0 Å². The summed E-state index contributed by atoms with van der Waals surface area (Å²) in [6, 6.07) is 0. The van der Waals surface area contributed by atoms with Crippen LogP contribution in [-0.4, -0.2) is 32.0 Å². The molecule has 0 spiro atoms. The second-order valence-electron chi connectivity index (χ2n) is 3.87. The van der Waals surface area contributed by atoms with Gasteiger partial charge in [-0.05, 0) is 6.42 Å². The minimum Gasteiger partial charge on any atom is -0.476 e. The van der Waals surface area contributed by atoms with Crippen LogP contribution in [0.1, 0.15) is 34.7 Å². The number of thiazole rings is 1. The van der Waals surface area contributed by atoms with E-state index in [0.717, 1.165) is 28.8 Å². The van der Waals surface area contributed by atoms with Crippen LogP contribution in [0.15, 0.2) is 5.38 Å². The third-order valence-electron chi connectivity index (χ3n) is 2.33. The van der Waals surface area contributed by atoms with Crippen LogP contribution in [0.3, 0.4) is 0 Å². The quantitative estimate of drug-likeness (QED) is 0.815. The summed E-state index contributed by atoms with van der Waals surface area (Å²) in [6.45, 7) is 2.77. The summed E-state index contributed by atoms with van der Waals surface area (Å²) < 4.78 is 4.24. The number of anilines is 1. The van der Waals surface area contributed by atoms with Gasteiger partial charge in [0.15, 0.2) is 5.69 Å². The zero-order chi connectivity index (χ0) is 13.7. The number of carbonyl (C=O) groups is 1. The van der Waals surface area contributed by atoms with Crippen LogP contribution in [0.25, 0.3) is 0 Å². The van der Waals surface area contributed by atoms with Crippen LogP contribution in [-0.2, 0) is 12.8 Å². The van der Waals surface area contributed by atoms with E-state index >= 15 is 0 Å². The molecule has 0 saturated heterocycles. The van der Waals surface area contributed by atoms with Crippen molar-refractivity contribution in [3.05, 3.63) is 21.9 Å². The second kappa shape index (κ2) is 6.58. The third-order valence-corrected chi connectivity index (χ3v) is 3.95. The predicted molar refractivity (Wildman–Crippen MR) is 75.2 cm³/mol. The number of nitrogens with one attached hydrogen (secondary N) is 1. The normalized spacial score (nSPS) is 10.6. The summed E-state index contributed by atoms with van der Waals surface area (Å²) in [5, 5.41) is 15.1. The molecule has 102 valence electrons. The average Bonchev–Trinajstić information content (AvgIpc) is 2.99. The average molecular weight is 298 g/mol. The zero-order valence-electron chi connectivity index (χ0n) is 10.4. The first-order valence-electron chi connectivity index (χ1n) is 5.93. The van der Waals surface area contributed by atoms with Crippen molar-refractivity contribution >= 4 is 34.0 Å².